The van der Waals surface area contributed by atoms with Crippen LogP contribution in [0.2, 0.25) is 0 Å². The van der Waals surface area contributed by atoms with Crippen molar-refractivity contribution in [2.24, 2.45) is 17.8 Å². The van der Waals surface area contributed by atoms with Crippen LogP contribution in [0.4, 0.5) is 0 Å². The monoisotopic (exact) mass is 870 g/mol. The van der Waals surface area contributed by atoms with Gasteiger partial charge in [-0.2, -0.15) is 0 Å². The van der Waals surface area contributed by atoms with Gasteiger partial charge in [0.15, 0.2) is 0 Å². The molecule has 0 aromatic heterocycles. The lowest BCUT2D eigenvalue weighted by Crippen LogP contribution is -2.61. The molecule has 0 aliphatic heterocycles. The number of benzene rings is 1. The first-order valence-electron chi connectivity index (χ1n) is 19.9. The number of nitrogens with one attached hydrogen (secondary N) is 2. The zero-order chi connectivity index (χ0) is 45.9. The fourth-order valence-electron chi connectivity index (χ4n) is 6.10. The van der Waals surface area contributed by atoms with Gasteiger partial charge in [-0.1, -0.05) is 65.0 Å². The molecule has 6 amide bonds. The van der Waals surface area contributed by atoms with Crippen LogP contribution in [0.25, 0.3) is 0 Å². The number of likely N-dealkylation sites (N-methyl/N-ethyl adjacent to an activating group) is 4. The van der Waals surface area contributed by atoms with E-state index in [0.29, 0.717) is 0 Å². The van der Waals surface area contributed by atoms with E-state index in [9.17, 15) is 38.7 Å². The number of alkyl halides is 2. The number of hydrogen-bond donors (Lipinski definition) is 3. The molecule has 0 heterocycles. The largest absolute Gasteiger partial charge is 0.458 e. The van der Waals surface area contributed by atoms with Crippen molar-refractivity contribution in [1.29, 1.82) is 0 Å². The van der Waals surface area contributed by atoms with E-state index in [1.165, 1.54) is 58.8 Å². The quantitative estimate of drug-likeness (QED) is 0.131. The van der Waals surface area contributed by atoms with Crippen LogP contribution in [0, 0.1) is 17.8 Å². The fraction of sp³-hybridized carbons (Fsp3) is 0.690. The van der Waals surface area contributed by atoms with Gasteiger partial charge >= 0.3 is 5.97 Å². The highest BCUT2D eigenvalue weighted by atomic mass is 35.5. The molecule has 0 bridgehead atoms. The SMILES string of the molecule is CC(C)[C@H](NC(=O)[C@@H](Cc1ccccc1)N(C)C(=O)[C@H](C)N(C)C(=O)[C@H](NC(=O)[C@H](C)N(C)C(=O)[C@H]([C@@H](C)O)N(C)C(=O)C[C@H](C)C(Cl)Cl)C(C)C)C(=O)OC(C)(C)C. The summed E-state index contributed by atoms with van der Waals surface area (Å²) in [5, 5.41) is 16.1. The van der Waals surface area contributed by atoms with Gasteiger partial charge in [0.25, 0.3) is 0 Å². The Balaban J connectivity index is 3.30. The van der Waals surface area contributed by atoms with Crippen LogP contribution in [0.3, 0.4) is 0 Å². The maximum Gasteiger partial charge on any atom is 0.329 e. The third kappa shape index (κ3) is 15.5. The molecule has 0 unspecified atom stereocenters. The van der Waals surface area contributed by atoms with Gasteiger partial charge in [-0.3, -0.25) is 28.8 Å². The van der Waals surface area contributed by atoms with Gasteiger partial charge in [-0.15, -0.1) is 23.2 Å². The van der Waals surface area contributed by atoms with Crippen LogP contribution in [-0.2, 0) is 44.7 Å². The predicted octanol–water partition coefficient (Wildman–Crippen LogP) is 3.41. The highest BCUT2D eigenvalue weighted by Gasteiger charge is 2.40. The highest BCUT2D eigenvalue weighted by molar-refractivity contribution is 6.44. The molecule has 59 heavy (non-hydrogen) atoms. The molecular weight excluding hydrogens is 803 g/mol. The van der Waals surface area contributed by atoms with E-state index in [1.54, 1.807) is 67.5 Å². The Morgan fingerprint density at radius 3 is 1.63 bits per heavy atom. The number of aliphatic hydroxyl groups is 1. The maximum absolute atomic E-state index is 14.1. The smallest absolute Gasteiger partial charge is 0.329 e. The number of carbonyl (C=O) groups excluding carboxylic acids is 7. The van der Waals surface area contributed by atoms with Crippen molar-refractivity contribution in [3.05, 3.63) is 35.9 Å². The number of hydrogen-bond acceptors (Lipinski definition) is 9. The second kappa shape index (κ2) is 23.2. The molecule has 15 nitrogen and oxygen atoms in total. The standard InChI is InChI=1S/C42H68Cl2N6O9/c1-23(2)32(45-36(53)26(6)47(12)40(57)34(28(8)51)50(15)31(52)21-25(5)35(43)44)39(56)48(13)27(7)38(55)49(14)30(22-29-19-17-16-18-20-29)37(54)46-33(24(3)4)41(58)59-42(9,10)11/h16-20,23-28,30,32-35,51H,21-22H2,1-15H3,(H,45,53)(H,46,54)/t25-,26-,27-,28+,30+,32+,33-,34-/m0/s1. The Bertz CT molecular complexity index is 1600. The molecule has 0 fully saturated rings. The molecule has 1 aromatic rings. The fourth-order valence-corrected chi connectivity index (χ4v) is 6.28. The Morgan fingerprint density at radius 1 is 0.678 bits per heavy atom. The Kier molecular flexibility index (Phi) is 20.8. The molecular formula is C42H68Cl2N6O9. The van der Waals surface area contributed by atoms with Crippen LogP contribution < -0.4 is 10.6 Å². The zero-order valence-corrected chi connectivity index (χ0v) is 38.9. The van der Waals surface area contributed by atoms with Crippen LogP contribution in [-0.4, -0.2) is 147 Å². The van der Waals surface area contributed by atoms with E-state index in [2.05, 4.69) is 10.6 Å². The van der Waals surface area contributed by atoms with Crippen LogP contribution in [0.5, 0.6) is 0 Å². The van der Waals surface area contributed by atoms with Gasteiger partial charge in [0.1, 0.15) is 46.7 Å². The number of amides is 6. The lowest BCUT2D eigenvalue weighted by Gasteiger charge is -2.37. The molecule has 3 N–H and O–H groups in total. The topological polar surface area (TPSA) is 186 Å². The summed E-state index contributed by atoms with van der Waals surface area (Å²) in [6, 6.07) is 2.24. The van der Waals surface area contributed by atoms with E-state index < -0.39 is 106 Å². The minimum absolute atomic E-state index is 0.0829. The van der Waals surface area contributed by atoms with Crippen molar-refractivity contribution in [3.8, 4) is 0 Å². The summed E-state index contributed by atoms with van der Waals surface area (Å²) in [6.07, 6.45) is -1.28. The first-order valence-corrected chi connectivity index (χ1v) is 20.8. The molecule has 0 radical (unpaired) electrons. The van der Waals surface area contributed by atoms with E-state index in [4.69, 9.17) is 27.9 Å². The third-order valence-corrected chi connectivity index (χ3v) is 11.1. The number of aliphatic hydroxyl groups excluding tert-OH is 1. The lowest BCUT2D eigenvalue weighted by molar-refractivity contribution is -0.160. The van der Waals surface area contributed by atoms with Crippen LogP contribution in [0.15, 0.2) is 30.3 Å². The second-order valence-electron chi connectivity index (χ2n) is 17.1. The van der Waals surface area contributed by atoms with Gasteiger partial charge in [0, 0.05) is 41.0 Å². The number of nitrogens with zero attached hydrogens (tertiary/aromatic N) is 4. The number of halogens is 2. The Morgan fingerprint density at radius 2 is 1.17 bits per heavy atom. The summed E-state index contributed by atoms with van der Waals surface area (Å²) in [5.41, 5.74) is -0.0402. The number of rotatable bonds is 20. The zero-order valence-electron chi connectivity index (χ0n) is 37.4. The molecule has 0 aliphatic rings. The van der Waals surface area contributed by atoms with Gasteiger partial charge < -0.3 is 40.1 Å². The van der Waals surface area contributed by atoms with E-state index in [-0.39, 0.29) is 18.8 Å². The maximum atomic E-state index is 14.1. The van der Waals surface area contributed by atoms with Gasteiger partial charge in [-0.25, -0.2) is 4.79 Å². The first-order chi connectivity index (χ1) is 27.0. The Labute approximate surface area is 360 Å². The minimum Gasteiger partial charge on any atom is -0.458 e. The predicted molar refractivity (Wildman–Crippen MR) is 228 cm³/mol. The average Bonchev–Trinajstić information content (AvgIpc) is 3.14. The number of ether oxygens (including phenoxy) is 1. The summed E-state index contributed by atoms with van der Waals surface area (Å²) < 4.78 is 5.57. The van der Waals surface area contributed by atoms with Gasteiger partial charge in [0.05, 0.1) is 6.10 Å². The lowest BCUT2D eigenvalue weighted by atomic mass is 9.99. The third-order valence-electron chi connectivity index (χ3n) is 10.3. The Hall–Kier alpha value is -3.95. The normalized spacial score (nSPS) is 15.8. The highest BCUT2D eigenvalue weighted by Crippen LogP contribution is 2.21. The summed E-state index contributed by atoms with van der Waals surface area (Å²) >= 11 is 11.8. The molecule has 17 heteroatoms. The van der Waals surface area contributed by atoms with Crippen molar-refractivity contribution >= 4 is 64.6 Å². The number of esters is 1. The summed E-state index contributed by atoms with van der Waals surface area (Å²) in [7, 11) is 5.59. The molecule has 8 atom stereocenters. The van der Waals surface area contributed by atoms with Crippen LogP contribution in [0.1, 0.15) is 88.1 Å². The average molecular weight is 872 g/mol. The van der Waals surface area contributed by atoms with Gasteiger partial charge in [-0.05, 0) is 64.9 Å². The summed E-state index contributed by atoms with van der Waals surface area (Å²) in [4.78, 5) is 99.4. The molecule has 1 aromatic carbocycles. The van der Waals surface area contributed by atoms with Crippen molar-refractivity contribution in [2.75, 3.05) is 28.2 Å². The first kappa shape index (κ1) is 53.1. The number of carbonyl (C=O) groups is 7. The van der Waals surface area contributed by atoms with E-state index in [1.807, 2.05) is 18.2 Å². The molecule has 0 aliphatic carbocycles. The molecule has 1 rings (SSSR count). The van der Waals surface area contributed by atoms with Gasteiger partial charge in [0.2, 0.25) is 35.4 Å². The molecule has 0 saturated carbocycles. The van der Waals surface area contributed by atoms with E-state index >= 15 is 0 Å². The van der Waals surface area contributed by atoms with E-state index in [0.717, 1.165) is 15.4 Å². The van der Waals surface area contributed by atoms with Crippen LogP contribution >= 0.6 is 23.2 Å². The van der Waals surface area contributed by atoms with Crippen molar-refractivity contribution in [3.63, 3.8) is 0 Å². The minimum atomic E-state index is -1.34. The van der Waals surface area contributed by atoms with Crippen molar-refractivity contribution in [2.45, 2.75) is 142 Å². The summed E-state index contributed by atoms with van der Waals surface area (Å²) in [5.74, 6) is -5.49. The summed E-state index contributed by atoms with van der Waals surface area (Å²) in [6.45, 7) is 18.1. The molecule has 0 spiro atoms. The van der Waals surface area contributed by atoms with Crippen molar-refractivity contribution < 1.29 is 43.4 Å². The molecule has 334 valence electrons. The van der Waals surface area contributed by atoms with Crippen molar-refractivity contribution in [1.82, 2.24) is 30.2 Å². The second-order valence-corrected chi connectivity index (χ2v) is 18.3. The molecule has 0 saturated heterocycles.